The summed E-state index contributed by atoms with van der Waals surface area (Å²) >= 11 is 0. The van der Waals surface area contributed by atoms with Gasteiger partial charge in [0.15, 0.2) is 12.1 Å². The second-order valence-electron chi connectivity index (χ2n) is 2.72. The fourth-order valence-corrected chi connectivity index (χ4v) is 1.19. The molecule has 14 heavy (non-hydrogen) atoms. The number of aliphatic hydroxyl groups is 1. The highest BCUT2D eigenvalue weighted by Gasteiger charge is 2.40. The Labute approximate surface area is 75.9 Å². The van der Waals surface area contributed by atoms with Gasteiger partial charge in [0.2, 0.25) is 5.82 Å². The second kappa shape index (κ2) is 2.77. The molecule has 1 aromatic rings. The van der Waals surface area contributed by atoms with E-state index in [1.165, 1.54) is 0 Å². The number of fused-ring (bicyclic) bond motifs is 1. The van der Waals surface area contributed by atoms with Crippen molar-refractivity contribution in [2.75, 3.05) is 6.54 Å². The highest BCUT2D eigenvalue weighted by Crippen LogP contribution is 2.30. The van der Waals surface area contributed by atoms with Crippen LogP contribution in [0.5, 0.6) is 0 Å². The zero-order chi connectivity index (χ0) is 10.3. The molecule has 1 aliphatic rings. The van der Waals surface area contributed by atoms with Crippen LogP contribution in [0.15, 0.2) is 4.99 Å². The third kappa shape index (κ3) is 1.27. The molecule has 0 bridgehead atoms. The molecule has 8 heteroatoms. The van der Waals surface area contributed by atoms with Crippen molar-refractivity contribution < 1.29 is 18.3 Å². The van der Waals surface area contributed by atoms with Gasteiger partial charge < -0.3 is 5.11 Å². The monoisotopic (exact) mass is 206 g/mol. The minimum atomic E-state index is -4.61. The van der Waals surface area contributed by atoms with Gasteiger partial charge in [0.1, 0.15) is 0 Å². The molecule has 1 N–H and O–H groups in total. The van der Waals surface area contributed by atoms with Crippen molar-refractivity contribution in [3.05, 3.63) is 11.6 Å². The standard InChI is InChI=1S/C6H5F3N4O/c7-6(8,9)5-12-11-3-1-10-2-4(14)13(3)5/h1,4,14H,2H2. The number of aliphatic imine (C=N–C) groups is 1. The Kier molecular flexibility index (Phi) is 1.81. The van der Waals surface area contributed by atoms with Crippen molar-refractivity contribution in [1.29, 1.82) is 0 Å². The van der Waals surface area contributed by atoms with Gasteiger partial charge in [0.25, 0.3) is 0 Å². The zero-order valence-corrected chi connectivity index (χ0v) is 6.73. The molecule has 0 aliphatic carbocycles. The van der Waals surface area contributed by atoms with Crippen LogP contribution in [0.2, 0.25) is 0 Å². The number of aliphatic hydroxyl groups excluding tert-OH is 1. The van der Waals surface area contributed by atoms with Crippen LogP contribution in [-0.2, 0) is 6.18 Å². The Balaban J connectivity index is 2.55. The van der Waals surface area contributed by atoms with Crippen LogP contribution in [0.4, 0.5) is 13.2 Å². The Morgan fingerprint density at radius 1 is 1.43 bits per heavy atom. The summed E-state index contributed by atoms with van der Waals surface area (Å²) in [5.74, 6) is -1.29. The quantitative estimate of drug-likeness (QED) is 0.660. The number of hydrogen-bond acceptors (Lipinski definition) is 4. The first kappa shape index (κ1) is 9.13. The number of aromatic nitrogens is 3. The number of hydrogen-bond donors (Lipinski definition) is 1. The highest BCUT2D eigenvalue weighted by molar-refractivity contribution is 5.75. The summed E-state index contributed by atoms with van der Waals surface area (Å²) in [5, 5.41) is 15.5. The predicted octanol–water partition coefficient (Wildman–Crippen LogP) is 0.220. The van der Waals surface area contributed by atoms with E-state index < -0.39 is 18.2 Å². The average molecular weight is 206 g/mol. The van der Waals surface area contributed by atoms with Gasteiger partial charge in [0.05, 0.1) is 12.8 Å². The van der Waals surface area contributed by atoms with E-state index in [1.807, 2.05) is 0 Å². The summed E-state index contributed by atoms with van der Waals surface area (Å²) in [6.45, 7) is -0.117. The Hall–Kier alpha value is -1.44. The van der Waals surface area contributed by atoms with E-state index in [0.29, 0.717) is 4.57 Å². The van der Waals surface area contributed by atoms with Crippen molar-refractivity contribution in [3.63, 3.8) is 0 Å². The molecular formula is C6H5F3N4O. The summed E-state index contributed by atoms with van der Waals surface area (Å²) in [7, 11) is 0. The van der Waals surface area contributed by atoms with E-state index in [9.17, 15) is 18.3 Å². The molecule has 0 saturated heterocycles. The highest BCUT2D eigenvalue weighted by atomic mass is 19.4. The molecule has 0 amide bonds. The first-order chi connectivity index (χ1) is 6.50. The van der Waals surface area contributed by atoms with E-state index in [-0.39, 0.29) is 12.4 Å². The van der Waals surface area contributed by atoms with Gasteiger partial charge in [-0.15, -0.1) is 10.2 Å². The lowest BCUT2D eigenvalue weighted by atomic mass is 10.4. The Bertz CT molecular complexity index is 383. The van der Waals surface area contributed by atoms with Crippen molar-refractivity contribution in [3.8, 4) is 0 Å². The smallest absolute Gasteiger partial charge is 0.371 e. The molecule has 0 fully saturated rings. The first-order valence-electron chi connectivity index (χ1n) is 3.70. The van der Waals surface area contributed by atoms with Crippen LogP contribution in [0.1, 0.15) is 17.9 Å². The van der Waals surface area contributed by atoms with Gasteiger partial charge in [0, 0.05) is 0 Å². The molecule has 0 aromatic carbocycles. The zero-order valence-electron chi connectivity index (χ0n) is 6.73. The molecule has 0 spiro atoms. The second-order valence-corrected chi connectivity index (χ2v) is 2.72. The number of alkyl halides is 3. The SMILES string of the molecule is OC1CN=Cc2nnc(C(F)(F)F)n21. The van der Waals surface area contributed by atoms with Crippen LogP contribution < -0.4 is 0 Å². The van der Waals surface area contributed by atoms with Crippen LogP contribution >= 0.6 is 0 Å². The van der Waals surface area contributed by atoms with Gasteiger partial charge in [-0.3, -0.25) is 9.56 Å². The van der Waals surface area contributed by atoms with Gasteiger partial charge in [-0.1, -0.05) is 0 Å². The molecule has 76 valence electrons. The molecule has 2 rings (SSSR count). The fraction of sp³-hybridized carbons (Fsp3) is 0.500. The van der Waals surface area contributed by atoms with Gasteiger partial charge in [-0.2, -0.15) is 13.2 Å². The van der Waals surface area contributed by atoms with E-state index >= 15 is 0 Å². The van der Waals surface area contributed by atoms with Crippen molar-refractivity contribution in [2.24, 2.45) is 4.99 Å². The first-order valence-corrected chi connectivity index (χ1v) is 3.70. The van der Waals surface area contributed by atoms with E-state index in [0.717, 1.165) is 6.21 Å². The predicted molar refractivity (Wildman–Crippen MR) is 38.7 cm³/mol. The summed E-state index contributed by atoms with van der Waals surface area (Å²) in [6.07, 6.45) is -4.81. The lowest BCUT2D eigenvalue weighted by molar-refractivity contribution is -0.150. The fourth-order valence-electron chi connectivity index (χ4n) is 1.19. The van der Waals surface area contributed by atoms with Crippen LogP contribution in [0.25, 0.3) is 0 Å². The normalized spacial score (nSPS) is 21.0. The topological polar surface area (TPSA) is 63.3 Å². The largest absolute Gasteiger partial charge is 0.451 e. The Morgan fingerprint density at radius 3 is 2.79 bits per heavy atom. The molecule has 0 radical (unpaired) electrons. The van der Waals surface area contributed by atoms with Gasteiger partial charge in [-0.25, -0.2) is 0 Å². The van der Waals surface area contributed by atoms with Crippen LogP contribution in [-0.4, -0.2) is 32.6 Å². The third-order valence-corrected chi connectivity index (χ3v) is 1.75. The maximum atomic E-state index is 12.3. The summed E-state index contributed by atoms with van der Waals surface area (Å²) in [4.78, 5) is 3.63. The van der Waals surface area contributed by atoms with Gasteiger partial charge in [-0.05, 0) is 0 Å². The number of rotatable bonds is 0. The maximum absolute atomic E-state index is 12.3. The summed E-state index contributed by atoms with van der Waals surface area (Å²) < 4.78 is 37.5. The van der Waals surface area contributed by atoms with E-state index in [2.05, 4.69) is 15.2 Å². The van der Waals surface area contributed by atoms with Crippen molar-refractivity contribution >= 4 is 6.21 Å². The van der Waals surface area contributed by atoms with Gasteiger partial charge >= 0.3 is 6.18 Å². The van der Waals surface area contributed by atoms with Crippen LogP contribution in [0, 0.1) is 0 Å². The van der Waals surface area contributed by atoms with Crippen molar-refractivity contribution in [1.82, 2.24) is 14.8 Å². The molecule has 2 heterocycles. The molecule has 1 atom stereocenters. The molecular weight excluding hydrogens is 201 g/mol. The molecule has 1 aliphatic heterocycles. The molecule has 1 unspecified atom stereocenters. The lowest BCUT2D eigenvalue weighted by Crippen LogP contribution is -2.24. The average Bonchev–Trinajstić information content (AvgIpc) is 2.47. The minimum absolute atomic E-state index is 0.0870. The van der Waals surface area contributed by atoms with Crippen LogP contribution in [0.3, 0.4) is 0 Å². The maximum Gasteiger partial charge on any atom is 0.451 e. The minimum Gasteiger partial charge on any atom is -0.371 e. The Morgan fingerprint density at radius 2 is 2.14 bits per heavy atom. The molecule has 1 aromatic heterocycles. The number of halogens is 3. The van der Waals surface area contributed by atoms with E-state index in [1.54, 1.807) is 0 Å². The third-order valence-electron chi connectivity index (χ3n) is 1.75. The molecule has 5 nitrogen and oxygen atoms in total. The number of nitrogens with zero attached hydrogens (tertiary/aromatic N) is 4. The van der Waals surface area contributed by atoms with E-state index in [4.69, 9.17) is 0 Å². The summed E-state index contributed by atoms with van der Waals surface area (Å²) in [6, 6.07) is 0. The lowest BCUT2D eigenvalue weighted by Gasteiger charge is -2.17. The van der Waals surface area contributed by atoms with Crippen molar-refractivity contribution in [2.45, 2.75) is 12.4 Å². The summed E-state index contributed by atoms with van der Waals surface area (Å²) in [5.41, 5.74) is 0. The molecule has 0 saturated carbocycles.